The van der Waals surface area contributed by atoms with Gasteiger partial charge in [0, 0.05) is 12.2 Å². The average molecular weight is 264 g/mol. The van der Waals surface area contributed by atoms with Gasteiger partial charge in [-0.3, -0.25) is 4.79 Å². The predicted molar refractivity (Wildman–Crippen MR) is 77.5 cm³/mol. The monoisotopic (exact) mass is 264 g/mol. The van der Waals surface area contributed by atoms with E-state index in [1.54, 1.807) is 12.2 Å². The number of hydrogen-bond acceptors (Lipinski definition) is 2. The maximum Gasteiger partial charge on any atom is 0.307 e. The van der Waals surface area contributed by atoms with Crippen LogP contribution in [0.25, 0.3) is 6.08 Å². The van der Waals surface area contributed by atoms with Crippen LogP contribution in [0.15, 0.2) is 30.3 Å². The number of carboxylic acids is 1. The molecule has 0 fully saturated rings. The second kappa shape index (κ2) is 6.76. The van der Waals surface area contributed by atoms with E-state index in [0.29, 0.717) is 11.7 Å². The quantitative estimate of drug-likeness (QED) is 0.798. The van der Waals surface area contributed by atoms with Crippen molar-refractivity contribution in [1.82, 2.24) is 0 Å². The molecule has 0 amide bonds. The summed E-state index contributed by atoms with van der Waals surface area (Å²) in [6.07, 6.45) is 3.41. The molecular weight excluding hydrogens is 248 g/mol. The van der Waals surface area contributed by atoms with E-state index in [9.17, 15) is 4.79 Å². The number of aliphatic carboxylic acids is 1. The molecule has 0 atom stereocenters. The van der Waals surface area contributed by atoms with Gasteiger partial charge >= 0.3 is 5.97 Å². The van der Waals surface area contributed by atoms with Crippen molar-refractivity contribution in [3.8, 4) is 0 Å². The Morgan fingerprint density at radius 3 is 2.50 bits per heavy atom. The molecular formula is C13H16N2O2S. The zero-order valence-corrected chi connectivity index (χ0v) is 11.0. The van der Waals surface area contributed by atoms with E-state index >= 15 is 0 Å². The van der Waals surface area contributed by atoms with E-state index in [4.69, 9.17) is 23.1 Å². The van der Waals surface area contributed by atoms with E-state index in [0.717, 1.165) is 11.3 Å². The third kappa shape index (κ3) is 4.18. The Kier molecular flexibility index (Phi) is 5.32. The fourth-order valence-electron chi connectivity index (χ4n) is 1.53. The summed E-state index contributed by atoms with van der Waals surface area (Å²) in [7, 11) is 0. The summed E-state index contributed by atoms with van der Waals surface area (Å²) in [6, 6.07) is 7.61. The van der Waals surface area contributed by atoms with Gasteiger partial charge in [0.05, 0.1) is 6.42 Å². The molecule has 0 spiro atoms. The minimum absolute atomic E-state index is 0.0235. The molecule has 1 aromatic carbocycles. The van der Waals surface area contributed by atoms with Crippen molar-refractivity contribution in [2.24, 2.45) is 5.73 Å². The maximum atomic E-state index is 10.4. The molecule has 0 heterocycles. The van der Waals surface area contributed by atoms with Gasteiger partial charge in [0.2, 0.25) is 0 Å². The third-order valence-corrected chi connectivity index (χ3v) is 2.61. The number of hydrogen-bond donors (Lipinski definition) is 2. The second-order valence-electron chi connectivity index (χ2n) is 3.67. The van der Waals surface area contributed by atoms with E-state index in [1.165, 1.54) is 0 Å². The zero-order valence-electron chi connectivity index (χ0n) is 10.2. The summed E-state index contributed by atoms with van der Waals surface area (Å²) in [5.74, 6) is -0.839. The van der Waals surface area contributed by atoms with Gasteiger partial charge in [0.1, 0.15) is 0 Å². The fourth-order valence-corrected chi connectivity index (χ4v) is 1.76. The molecule has 0 unspecified atom stereocenters. The molecule has 0 saturated carbocycles. The molecule has 0 radical (unpaired) electrons. The van der Waals surface area contributed by atoms with Crippen LogP contribution in [0.4, 0.5) is 5.69 Å². The summed E-state index contributed by atoms with van der Waals surface area (Å²) < 4.78 is 0. The molecule has 0 aromatic heterocycles. The number of nitrogens with zero attached hydrogens (tertiary/aromatic N) is 1. The molecule has 1 aromatic rings. The van der Waals surface area contributed by atoms with Gasteiger partial charge in [-0.2, -0.15) is 0 Å². The second-order valence-corrected chi connectivity index (χ2v) is 4.09. The number of anilines is 1. The van der Waals surface area contributed by atoms with Crippen molar-refractivity contribution in [3.63, 3.8) is 0 Å². The maximum absolute atomic E-state index is 10.4. The van der Waals surface area contributed by atoms with Gasteiger partial charge in [-0.05, 0) is 36.8 Å². The lowest BCUT2D eigenvalue weighted by Gasteiger charge is -2.20. The summed E-state index contributed by atoms with van der Waals surface area (Å²) in [4.78, 5) is 12.2. The number of nitrogens with two attached hydrogens (primary N) is 1. The molecule has 0 aliphatic heterocycles. The summed E-state index contributed by atoms with van der Waals surface area (Å²) in [6.45, 7) is 2.68. The first-order chi connectivity index (χ1) is 8.54. The Balaban J connectivity index is 2.76. The van der Waals surface area contributed by atoms with Crippen molar-refractivity contribution < 1.29 is 9.90 Å². The Morgan fingerprint density at radius 1 is 1.44 bits per heavy atom. The van der Waals surface area contributed by atoms with Crippen LogP contribution in [-0.2, 0) is 4.79 Å². The topological polar surface area (TPSA) is 66.6 Å². The minimum Gasteiger partial charge on any atom is -0.481 e. The van der Waals surface area contributed by atoms with Crippen LogP contribution in [0.5, 0.6) is 0 Å². The van der Waals surface area contributed by atoms with Crippen molar-refractivity contribution in [2.75, 3.05) is 11.4 Å². The van der Waals surface area contributed by atoms with Crippen LogP contribution in [0.1, 0.15) is 18.9 Å². The molecule has 0 aliphatic carbocycles. The third-order valence-electron chi connectivity index (χ3n) is 2.39. The highest BCUT2D eigenvalue weighted by molar-refractivity contribution is 7.80. The van der Waals surface area contributed by atoms with Crippen LogP contribution in [0.3, 0.4) is 0 Å². The van der Waals surface area contributed by atoms with Gasteiger partial charge in [-0.1, -0.05) is 24.3 Å². The molecule has 4 nitrogen and oxygen atoms in total. The molecule has 3 N–H and O–H groups in total. The first-order valence-corrected chi connectivity index (χ1v) is 6.00. The van der Waals surface area contributed by atoms with Crippen LogP contribution < -0.4 is 10.6 Å². The lowest BCUT2D eigenvalue weighted by atomic mass is 10.1. The highest BCUT2D eigenvalue weighted by Gasteiger charge is 2.05. The van der Waals surface area contributed by atoms with Crippen LogP contribution in [-0.4, -0.2) is 22.7 Å². The van der Waals surface area contributed by atoms with E-state index in [2.05, 4.69) is 0 Å². The van der Waals surface area contributed by atoms with E-state index in [1.807, 2.05) is 36.1 Å². The first kappa shape index (κ1) is 14.2. The van der Waals surface area contributed by atoms with Gasteiger partial charge in [-0.25, -0.2) is 0 Å². The van der Waals surface area contributed by atoms with Gasteiger partial charge in [0.25, 0.3) is 0 Å². The van der Waals surface area contributed by atoms with Crippen molar-refractivity contribution >= 4 is 35.1 Å². The normalized spacial score (nSPS) is 10.5. The molecule has 96 valence electrons. The number of rotatable bonds is 5. The van der Waals surface area contributed by atoms with Crippen molar-refractivity contribution in [1.29, 1.82) is 0 Å². The molecule has 5 heteroatoms. The molecule has 0 bridgehead atoms. The lowest BCUT2D eigenvalue weighted by Crippen LogP contribution is -2.35. The lowest BCUT2D eigenvalue weighted by molar-refractivity contribution is -0.135. The largest absolute Gasteiger partial charge is 0.481 e. The van der Waals surface area contributed by atoms with Crippen LogP contribution >= 0.6 is 12.2 Å². The SMILES string of the molecule is CCN(C(N)=S)c1ccc(/C=C/CC(=O)O)cc1. The Labute approximate surface area is 112 Å². The van der Waals surface area contributed by atoms with Gasteiger partial charge < -0.3 is 15.7 Å². The molecule has 18 heavy (non-hydrogen) atoms. The molecule has 1 rings (SSSR count). The number of benzene rings is 1. The zero-order chi connectivity index (χ0) is 13.5. The van der Waals surface area contributed by atoms with E-state index in [-0.39, 0.29) is 6.42 Å². The molecule has 0 aliphatic rings. The van der Waals surface area contributed by atoms with Crippen LogP contribution in [0, 0.1) is 0 Å². The number of thiocarbonyl (C=S) groups is 1. The minimum atomic E-state index is -0.839. The highest BCUT2D eigenvalue weighted by Crippen LogP contribution is 2.15. The highest BCUT2D eigenvalue weighted by atomic mass is 32.1. The first-order valence-electron chi connectivity index (χ1n) is 5.60. The predicted octanol–water partition coefficient (Wildman–Crippen LogP) is 2.24. The van der Waals surface area contributed by atoms with Crippen LogP contribution in [0.2, 0.25) is 0 Å². The summed E-state index contributed by atoms with van der Waals surface area (Å²) >= 11 is 4.95. The number of carbonyl (C=O) groups is 1. The van der Waals surface area contributed by atoms with Crippen molar-refractivity contribution in [3.05, 3.63) is 35.9 Å². The molecule has 0 saturated heterocycles. The van der Waals surface area contributed by atoms with Crippen molar-refractivity contribution in [2.45, 2.75) is 13.3 Å². The van der Waals surface area contributed by atoms with Gasteiger partial charge in [-0.15, -0.1) is 0 Å². The van der Waals surface area contributed by atoms with E-state index < -0.39 is 5.97 Å². The standard InChI is InChI=1S/C13H16N2O2S/c1-2-15(13(14)18)11-8-6-10(7-9-11)4-3-5-12(16)17/h3-4,6-9H,2,5H2,1H3,(H2,14,18)(H,16,17)/b4-3+. The Morgan fingerprint density at radius 2 is 2.06 bits per heavy atom. The summed E-state index contributed by atoms with van der Waals surface area (Å²) in [5.41, 5.74) is 7.48. The smallest absolute Gasteiger partial charge is 0.307 e. The average Bonchev–Trinajstić information content (AvgIpc) is 2.31. The Bertz CT molecular complexity index is 455. The van der Waals surface area contributed by atoms with Gasteiger partial charge in [0.15, 0.2) is 5.11 Å². The summed E-state index contributed by atoms with van der Waals surface area (Å²) in [5, 5.41) is 8.85. The fraction of sp³-hybridized carbons (Fsp3) is 0.231. The Hall–Kier alpha value is -1.88. The number of carboxylic acid groups (broad SMARTS) is 1.